The first kappa shape index (κ1) is 28.6. The number of nitrogens with zero attached hydrogens (tertiary/aromatic N) is 3. The second-order valence-electron chi connectivity index (χ2n) is 11.1. The zero-order valence-corrected chi connectivity index (χ0v) is 24.2. The number of halogens is 1. The smallest absolute Gasteiger partial charge is 0.297 e. The lowest BCUT2D eigenvalue weighted by Gasteiger charge is -2.31. The topological polar surface area (TPSA) is 124 Å². The number of methoxy groups -OCH3 is 1. The Balaban J connectivity index is 1.60. The van der Waals surface area contributed by atoms with Gasteiger partial charge in [-0.2, -0.15) is 0 Å². The Hall–Kier alpha value is -3.87. The number of aliphatic hydroxyl groups excluding tert-OH is 1. The monoisotopic (exact) mass is 581 g/mol. The van der Waals surface area contributed by atoms with Crippen molar-refractivity contribution in [3.63, 3.8) is 0 Å². The summed E-state index contributed by atoms with van der Waals surface area (Å²) in [6, 6.07) is 14.6. The number of nitro benzene ring substituents is 1. The molecule has 1 N–H and O–H groups in total. The Kier molecular flexibility index (Phi) is 7.34. The van der Waals surface area contributed by atoms with Crippen molar-refractivity contribution in [1.29, 1.82) is 0 Å². The van der Waals surface area contributed by atoms with Crippen LogP contribution in [0.15, 0.2) is 65.6 Å². The minimum Gasteiger partial charge on any atom is -0.491 e. The molecule has 2 aromatic carbocycles. The number of ether oxygens (including phenoxy) is 2. The average Bonchev–Trinajstić information content (AvgIpc) is 3.35. The molecule has 1 amide bonds. The Bertz CT molecular complexity index is 1570. The van der Waals surface area contributed by atoms with Crippen LogP contribution in [0.3, 0.4) is 0 Å². The first-order chi connectivity index (χ1) is 19.4. The van der Waals surface area contributed by atoms with Gasteiger partial charge < -0.3 is 23.6 Å². The van der Waals surface area contributed by atoms with Gasteiger partial charge in [0.25, 0.3) is 17.2 Å². The number of fused-ring (bicyclic) bond motifs is 2. The molecule has 10 nitrogen and oxygen atoms in total. The van der Waals surface area contributed by atoms with E-state index < -0.39 is 42.4 Å². The van der Waals surface area contributed by atoms with Crippen LogP contribution >= 0.6 is 0 Å². The zero-order chi connectivity index (χ0) is 29.7. The van der Waals surface area contributed by atoms with E-state index >= 15 is 4.11 Å². The number of hydrogen-bond donors (Lipinski definition) is 1. The van der Waals surface area contributed by atoms with Gasteiger partial charge in [0.05, 0.1) is 30.4 Å². The van der Waals surface area contributed by atoms with E-state index in [0.29, 0.717) is 22.5 Å². The largest absolute Gasteiger partial charge is 0.491 e. The van der Waals surface area contributed by atoms with Crippen molar-refractivity contribution >= 4 is 25.7 Å². The van der Waals surface area contributed by atoms with Crippen LogP contribution in [0, 0.1) is 16.0 Å². The number of aromatic nitrogens is 1. The number of carbonyl (C=O) groups is 1. The number of anilines is 1. The van der Waals surface area contributed by atoms with E-state index in [1.54, 1.807) is 56.5 Å². The Morgan fingerprint density at radius 1 is 1.17 bits per heavy atom. The molecule has 41 heavy (non-hydrogen) atoms. The van der Waals surface area contributed by atoms with Gasteiger partial charge in [0.15, 0.2) is 11.4 Å². The van der Waals surface area contributed by atoms with Crippen LogP contribution in [0.2, 0.25) is 18.6 Å². The second-order valence-corrected chi connectivity index (χ2v) is 14.9. The third kappa shape index (κ3) is 4.65. The van der Waals surface area contributed by atoms with E-state index in [4.69, 9.17) is 9.47 Å². The fourth-order valence-electron chi connectivity index (χ4n) is 6.52. The number of carbonyl (C=O) groups excluding carboxylic acids is 1. The normalized spacial score (nSPS) is 23.7. The molecule has 1 aromatic heterocycles. The lowest BCUT2D eigenvalue weighted by atomic mass is 9.82. The summed E-state index contributed by atoms with van der Waals surface area (Å²) in [5, 5.41) is 21.4. The van der Waals surface area contributed by atoms with E-state index in [-0.39, 0.29) is 36.6 Å². The van der Waals surface area contributed by atoms with Crippen molar-refractivity contribution in [2.75, 3.05) is 18.6 Å². The van der Waals surface area contributed by atoms with Crippen molar-refractivity contribution in [3.05, 3.63) is 92.4 Å². The SMILES string of the molecule is COc1cccn(-c2cccc(CN3C(=O)[C@@]4(O[C@@H](CCO)[C@H]([Si](C)(C)F)[C@H]4C)c4cc([N+](=O)[O-])ccc43)c2)c1=O. The number of amides is 1. The van der Waals surface area contributed by atoms with E-state index in [2.05, 4.69) is 0 Å². The number of pyridine rings is 1. The van der Waals surface area contributed by atoms with Crippen LogP contribution in [0.4, 0.5) is 15.5 Å². The highest BCUT2D eigenvalue weighted by Crippen LogP contribution is 2.60. The predicted octanol–water partition coefficient (Wildman–Crippen LogP) is 4.46. The van der Waals surface area contributed by atoms with Gasteiger partial charge in [-0.25, -0.2) is 0 Å². The maximum Gasteiger partial charge on any atom is 0.297 e. The van der Waals surface area contributed by atoms with Gasteiger partial charge in [-0.15, -0.1) is 0 Å². The van der Waals surface area contributed by atoms with Crippen LogP contribution in [0.5, 0.6) is 5.75 Å². The standard InChI is InChI=1S/C29H32FN3O7Si/c1-18-26(41(3,4)30)24(12-14-34)40-29(18)22-16-21(33(37)38)10-11-23(22)32(28(29)36)17-19-7-5-8-20(15-19)31-13-6-9-25(39-2)27(31)35/h5-11,13,15-16,18,24,26,34H,12,14,17H2,1-4H3/t18-,24+,26-,29+/m1/s1. The van der Waals surface area contributed by atoms with Crippen LogP contribution in [-0.2, 0) is 21.7 Å². The lowest BCUT2D eigenvalue weighted by molar-refractivity contribution is -0.385. The van der Waals surface area contributed by atoms with Crippen LogP contribution < -0.4 is 15.2 Å². The fourth-order valence-corrected chi connectivity index (χ4v) is 9.07. The summed E-state index contributed by atoms with van der Waals surface area (Å²) < 4.78 is 28.7. The molecule has 1 saturated heterocycles. The number of hydrogen-bond acceptors (Lipinski definition) is 7. The van der Waals surface area contributed by atoms with Crippen molar-refractivity contribution in [1.82, 2.24) is 4.57 Å². The minimum absolute atomic E-state index is 0.0831. The number of nitro groups is 1. The first-order valence-corrected chi connectivity index (χ1v) is 16.3. The maximum atomic E-state index is 15.7. The molecule has 1 spiro atoms. The van der Waals surface area contributed by atoms with Crippen molar-refractivity contribution < 1.29 is 28.4 Å². The van der Waals surface area contributed by atoms with E-state index in [0.717, 1.165) is 0 Å². The Morgan fingerprint density at radius 2 is 1.93 bits per heavy atom. The molecule has 5 rings (SSSR count). The van der Waals surface area contributed by atoms with Crippen molar-refractivity contribution in [2.45, 2.75) is 50.2 Å². The van der Waals surface area contributed by atoms with Gasteiger partial charge >= 0.3 is 0 Å². The fraction of sp³-hybridized carbons (Fsp3) is 0.379. The van der Waals surface area contributed by atoms with E-state index in [1.165, 1.54) is 34.8 Å². The average molecular weight is 582 g/mol. The van der Waals surface area contributed by atoms with Gasteiger partial charge in [-0.1, -0.05) is 19.1 Å². The summed E-state index contributed by atoms with van der Waals surface area (Å²) in [6.45, 7) is 4.71. The predicted molar refractivity (Wildman–Crippen MR) is 153 cm³/mol. The van der Waals surface area contributed by atoms with Gasteiger partial charge in [0.2, 0.25) is 8.41 Å². The molecule has 2 aliphatic heterocycles. The second kappa shape index (κ2) is 10.5. The summed E-state index contributed by atoms with van der Waals surface area (Å²) in [6.07, 6.45) is 1.04. The number of non-ortho nitro benzene ring substituents is 1. The highest BCUT2D eigenvalue weighted by molar-refractivity contribution is 6.72. The molecule has 216 valence electrons. The van der Waals surface area contributed by atoms with E-state index in [9.17, 15) is 24.8 Å². The van der Waals surface area contributed by atoms with Crippen LogP contribution in [0.25, 0.3) is 5.69 Å². The van der Waals surface area contributed by atoms with Crippen molar-refractivity contribution in [3.8, 4) is 11.4 Å². The molecule has 0 radical (unpaired) electrons. The zero-order valence-electron chi connectivity index (χ0n) is 23.2. The Labute approximate surface area is 237 Å². The van der Waals surface area contributed by atoms with Gasteiger partial charge in [-0.3, -0.25) is 24.3 Å². The van der Waals surface area contributed by atoms with E-state index in [1.807, 2.05) is 6.07 Å². The lowest BCUT2D eigenvalue weighted by Crippen LogP contribution is -2.45. The van der Waals surface area contributed by atoms with Crippen LogP contribution in [-0.4, -0.2) is 48.7 Å². The highest BCUT2D eigenvalue weighted by Gasteiger charge is 2.66. The number of aliphatic hydroxyl groups is 1. The molecule has 0 bridgehead atoms. The molecule has 4 atom stereocenters. The summed E-state index contributed by atoms with van der Waals surface area (Å²) in [4.78, 5) is 39.9. The molecule has 0 aliphatic carbocycles. The molecule has 3 heterocycles. The summed E-state index contributed by atoms with van der Waals surface area (Å²) in [5.74, 6) is -0.886. The summed E-state index contributed by atoms with van der Waals surface area (Å²) in [7, 11) is -1.99. The molecule has 0 unspecified atom stereocenters. The Morgan fingerprint density at radius 3 is 2.59 bits per heavy atom. The molecule has 12 heteroatoms. The molecule has 1 fully saturated rings. The first-order valence-electron chi connectivity index (χ1n) is 13.4. The quantitative estimate of drug-likeness (QED) is 0.180. The number of rotatable bonds is 8. The third-order valence-corrected chi connectivity index (χ3v) is 10.7. The number of benzene rings is 2. The molecular weight excluding hydrogens is 549 g/mol. The minimum atomic E-state index is -3.41. The van der Waals surface area contributed by atoms with Crippen LogP contribution in [0.1, 0.15) is 24.5 Å². The molecule has 3 aromatic rings. The van der Waals surface area contributed by atoms with Crippen molar-refractivity contribution in [2.24, 2.45) is 5.92 Å². The molecule has 2 aliphatic rings. The van der Waals surface area contributed by atoms with Gasteiger partial charge in [0, 0.05) is 47.6 Å². The van der Waals surface area contributed by atoms with Gasteiger partial charge in [-0.05, 0) is 55.4 Å². The third-order valence-electron chi connectivity index (χ3n) is 8.23. The molecule has 0 saturated carbocycles. The van der Waals surface area contributed by atoms with Gasteiger partial charge in [0.1, 0.15) is 0 Å². The molecular formula is C29H32FN3O7Si. The summed E-state index contributed by atoms with van der Waals surface area (Å²) >= 11 is 0. The highest BCUT2D eigenvalue weighted by atomic mass is 28.4. The maximum absolute atomic E-state index is 15.7. The summed E-state index contributed by atoms with van der Waals surface area (Å²) in [5.41, 5.74) is -0.763.